The minimum atomic E-state index is -0.431. The van der Waals surface area contributed by atoms with Crippen molar-refractivity contribution in [2.24, 2.45) is 0 Å². The molecular weight excluding hydrogens is 511 g/mol. The molecule has 2 amide bonds. The van der Waals surface area contributed by atoms with Gasteiger partial charge in [0.15, 0.2) is 22.4 Å². The molecule has 174 valence electrons. The van der Waals surface area contributed by atoms with Crippen LogP contribution in [-0.2, 0) is 9.59 Å². The molecule has 2 N–H and O–H groups in total. The number of aromatic nitrogens is 2. The molecule has 9 nitrogen and oxygen atoms in total. The van der Waals surface area contributed by atoms with Gasteiger partial charge in [-0.2, -0.15) is 0 Å². The fourth-order valence-electron chi connectivity index (χ4n) is 2.45. The Balaban J connectivity index is 1.45. The molecule has 0 spiro atoms. The standard InChI is InChI=1S/C20H18Cl2N4O5S2/c1-29-15-6-4-12(8-16(15)30-2)23-18(28)10-32-20-26-25-19(33-20)24-17(27)9-31-14-5-3-11(21)7-13(14)22/h3-8H,9-10H2,1-2H3,(H,23,28)(H,24,25,27). The number of nitrogens with zero attached hydrogens (tertiary/aromatic N) is 2. The second-order valence-corrected chi connectivity index (χ2v) is 9.23. The molecule has 33 heavy (non-hydrogen) atoms. The molecule has 3 rings (SSSR count). The summed E-state index contributed by atoms with van der Waals surface area (Å²) in [5.74, 6) is 0.853. The van der Waals surface area contributed by atoms with Crippen molar-refractivity contribution in [1.82, 2.24) is 10.2 Å². The number of hydrogen-bond acceptors (Lipinski definition) is 9. The molecule has 1 heterocycles. The van der Waals surface area contributed by atoms with Gasteiger partial charge in [-0.25, -0.2) is 0 Å². The van der Waals surface area contributed by atoms with E-state index < -0.39 is 5.91 Å². The van der Waals surface area contributed by atoms with Crippen LogP contribution in [0.15, 0.2) is 40.7 Å². The van der Waals surface area contributed by atoms with Crippen LogP contribution in [-0.4, -0.2) is 48.6 Å². The number of ether oxygens (including phenoxy) is 3. The Bertz CT molecular complexity index is 1150. The topological polar surface area (TPSA) is 112 Å². The lowest BCUT2D eigenvalue weighted by Gasteiger charge is -2.10. The van der Waals surface area contributed by atoms with Crippen LogP contribution in [0.4, 0.5) is 10.8 Å². The maximum Gasteiger partial charge on any atom is 0.264 e. The first-order chi connectivity index (χ1) is 15.9. The molecule has 2 aromatic carbocycles. The first-order valence-electron chi connectivity index (χ1n) is 9.24. The van der Waals surface area contributed by atoms with Crippen LogP contribution in [0.3, 0.4) is 0 Å². The number of methoxy groups -OCH3 is 2. The Morgan fingerprint density at radius 2 is 1.73 bits per heavy atom. The quantitative estimate of drug-likeness (QED) is 0.289. The first-order valence-corrected chi connectivity index (χ1v) is 11.8. The number of halogens is 2. The highest BCUT2D eigenvalue weighted by Gasteiger charge is 2.13. The van der Waals surface area contributed by atoms with Gasteiger partial charge in [0.05, 0.1) is 25.0 Å². The second kappa shape index (κ2) is 11.9. The zero-order valence-corrected chi connectivity index (χ0v) is 20.5. The van der Waals surface area contributed by atoms with E-state index in [2.05, 4.69) is 20.8 Å². The highest BCUT2D eigenvalue weighted by Crippen LogP contribution is 2.31. The van der Waals surface area contributed by atoms with Gasteiger partial charge in [-0.1, -0.05) is 46.3 Å². The summed E-state index contributed by atoms with van der Waals surface area (Å²) in [6, 6.07) is 9.78. The van der Waals surface area contributed by atoms with Crippen LogP contribution >= 0.6 is 46.3 Å². The van der Waals surface area contributed by atoms with E-state index in [0.717, 1.165) is 11.3 Å². The van der Waals surface area contributed by atoms with Gasteiger partial charge < -0.3 is 19.5 Å². The van der Waals surface area contributed by atoms with Gasteiger partial charge in [0, 0.05) is 16.8 Å². The lowest BCUT2D eigenvalue weighted by atomic mass is 10.2. The number of benzene rings is 2. The number of thioether (sulfide) groups is 1. The molecule has 0 atom stereocenters. The Morgan fingerprint density at radius 3 is 2.45 bits per heavy atom. The SMILES string of the molecule is COc1ccc(NC(=O)CSc2nnc(NC(=O)COc3ccc(Cl)cc3Cl)s2)cc1OC. The van der Waals surface area contributed by atoms with Gasteiger partial charge in [0.1, 0.15) is 5.75 Å². The molecule has 0 saturated carbocycles. The zero-order chi connectivity index (χ0) is 23.8. The fraction of sp³-hybridized carbons (Fsp3) is 0.200. The predicted molar refractivity (Wildman–Crippen MR) is 129 cm³/mol. The fourth-order valence-corrected chi connectivity index (χ4v) is 4.48. The summed E-state index contributed by atoms with van der Waals surface area (Å²) < 4.78 is 16.3. The van der Waals surface area contributed by atoms with Crippen molar-refractivity contribution in [1.29, 1.82) is 0 Å². The second-order valence-electron chi connectivity index (χ2n) is 6.19. The van der Waals surface area contributed by atoms with Crippen molar-refractivity contribution in [2.75, 3.05) is 37.2 Å². The maximum atomic E-state index is 12.2. The molecule has 0 unspecified atom stereocenters. The number of carbonyl (C=O) groups excluding carboxylic acids is 2. The molecular formula is C20H18Cl2N4O5S2. The first kappa shape index (κ1) is 24.9. The summed E-state index contributed by atoms with van der Waals surface area (Å²) in [5.41, 5.74) is 0.573. The number of rotatable bonds is 10. The van der Waals surface area contributed by atoms with Crippen LogP contribution < -0.4 is 24.8 Å². The van der Waals surface area contributed by atoms with Crippen molar-refractivity contribution in [3.05, 3.63) is 46.4 Å². The van der Waals surface area contributed by atoms with Crippen molar-refractivity contribution in [3.63, 3.8) is 0 Å². The van der Waals surface area contributed by atoms with E-state index in [1.54, 1.807) is 30.3 Å². The summed E-state index contributed by atoms with van der Waals surface area (Å²) in [4.78, 5) is 24.3. The van der Waals surface area contributed by atoms with Gasteiger partial charge in [-0.05, 0) is 30.3 Å². The van der Waals surface area contributed by atoms with Crippen LogP contribution in [0.1, 0.15) is 0 Å². The zero-order valence-electron chi connectivity index (χ0n) is 17.4. The highest BCUT2D eigenvalue weighted by atomic mass is 35.5. The molecule has 0 saturated heterocycles. The summed E-state index contributed by atoms with van der Waals surface area (Å²) in [5, 5.41) is 14.3. The Morgan fingerprint density at radius 1 is 0.970 bits per heavy atom. The molecule has 0 bridgehead atoms. The van der Waals surface area contributed by atoms with Crippen molar-refractivity contribution >= 4 is 68.9 Å². The van der Waals surface area contributed by atoms with Gasteiger partial charge >= 0.3 is 0 Å². The van der Waals surface area contributed by atoms with Gasteiger partial charge in [0.25, 0.3) is 5.91 Å². The maximum absolute atomic E-state index is 12.2. The van der Waals surface area contributed by atoms with Gasteiger partial charge in [0.2, 0.25) is 11.0 Å². The molecule has 13 heteroatoms. The minimum Gasteiger partial charge on any atom is -0.493 e. The van der Waals surface area contributed by atoms with E-state index in [4.69, 9.17) is 37.4 Å². The number of amides is 2. The predicted octanol–water partition coefficient (Wildman–Crippen LogP) is 4.61. The Labute approximate surface area is 207 Å². The minimum absolute atomic E-state index is 0.106. The third-order valence-corrected chi connectivity index (χ3v) is 6.40. The van der Waals surface area contributed by atoms with E-state index >= 15 is 0 Å². The average Bonchev–Trinajstić information content (AvgIpc) is 3.24. The van der Waals surface area contributed by atoms with E-state index in [-0.39, 0.29) is 23.4 Å². The number of carbonyl (C=O) groups is 2. The summed E-state index contributed by atoms with van der Waals surface area (Å²) in [7, 11) is 3.05. The monoisotopic (exact) mass is 528 g/mol. The number of nitrogens with one attached hydrogen (secondary N) is 2. The summed E-state index contributed by atoms with van der Waals surface area (Å²) >= 11 is 14.2. The van der Waals surface area contributed by atoms with Crippen LogP contribution in [0.5, 0.6) is 17.2 Å². The molecule has 0 fully saturated rings. The lowest BCUT2D eigenvalue weighted by Crippen LogP contribution is -2.20. The number of anilines is 2. The molecule has 0 aliphatic rings. The van der Waals surface area contributed by atoms with E-state index in [0.29, 0.717) is 37.3 Å². The molecule has 0 aliphatic carbocycles. The van der Waals surface area contributed by atoms with Crippen LogP contribution in [0, 0.1) is 0 Å². The van der Waals surface area contributed by atoms with Gasteiger partial charge in [-0.3, -0.25) is 14.9 Å². The van der Waals surface area contributed by atoms with Gasteiger partial charge in [-0.15, -0.1) is 10.2 Å². The molecule has 0 aliphatic heterocycles. The van der Waals surface area contributed by atoms with Crippen LogP contribution in [0.25, 0.3) is 0 Å². The largest absolute Gasteiger partial charge is 0.493 e. The normalized spacial score (nSPS) is 10.4. The van der Waals surface area contributed by atoms with E-state index in [9.17, 15) is 9.59 Å². The third-order valence-electron chi connectivity index (χ3n) is 3.90. The third kappa shape index (κ3) is 7.39. The summed E-state index contributed by atoms with van der Waals surface area (Å²) in [6.07, 6.45) is 0. The number of hydrogen-bond donors (Lipinski definition) is 2. The van der Waals surface area contributed by atoms with Crippen molar-refractivity contribution in [3.8, 4) is 17.2 Å². The average molecular weight is 529 g/mol. The molecule has 0 radical (unpaired) electrons. The van der Waals surface area contributed by atoms with Crippen LogP contribution in [0.2, 0.25) is 10.0 Å². The van der Waals surface area contributed by atoms with Crippen molar-refractivity contribution < 1.29 is 23.8 Å². The Kier molecular flexibility index (Phi) is 9.01. The highest BCUT2D eigenvalue weighted by molar-refractivity contribution is 8.01. The lowest BCUT2D eigenvalue weighted by molar-refractivity contribution is -0.118. The smallest absolute Gasteiger partial charge is 0.264 e. The molecule has 3 aromatic rings. The Hall–Kier alpha value is -2.73. The molecule has 1 aromatic heterocycles. The summed E-state index contributed by atoms with van der Waals surface area (Å²) in [6.45, 7) is -0.267. The van der Waals surface area contributed by atoms with E-state index in [1.807, 2.05) is 0 Å². The van der Waals surface area contributed by atoms with Crippen molar-refractivity contribution in [2.45, 2.75) is 4.34 Å². The van der Waals surface area contributed by atoms with E-state index in [1.165, 1.54) is 32.0 Å².